The van der Waals surface area contributed by atoms with Crippen LogP contribution in [0.2, 0.25) is 0 Å². The first-order chi connectivity index (χ1) is 6.95. The molecule has 0 amide bonds. The van der Waals surface area contributed by atoms with Gasteiger partial charge in [0.05, 0.1) is 17.6 Å². The molecule has 3 heteroatoms. The molecule has 80 valence electrons. The Morgan fingerprint density at radius 1 is 1.60 bits per heavy atom. The Balaban J connectivity index is 2.82. The normalized spacial score (nSPS) is 16.5. The van der Waals surface area contributed by atoms with Gasteiger partial charge in [0, 0.05) is 6.42 Å². The fourth-order valence-corrected chi connectivity index (χ4v) is 1.35. The number of aliphatic hydroxyl groups is 1. The molecule has 1 rings (SSSR count). The number of nitrogens with zero attached hydrogens (tertiary/aromatic N) is 1. The van der Waals surface area contributed by atoms with Crippen molar-refractivity contribution >= 4 is 0 Å². The molecule has 0 fully saturated rings. The van der Waals surface area contributed by atoms with Crippen molar-refractivity contribution in [3.8, 4) is 6.07 Å². The Morgan fingerprint density at radius 2 is 2.27 bits per heavy atom. The van der Waals surface area contributed by atoms with E-state index in [1.165, 1.54) is 12.1 Å². The molecule has 0 heterocycles. The van der Waals surface area contributed by atoms with Crippen LogP contribution in [0.4, 0.5) is 4.39 Å². The zero-order chi connectivity index (χ0) is 11.5. The second-order valence-electron chi connectivity index (χ2n) is 4.01. The maximum Gasteiger partial charge on any atom is 0.123 e. The van der Waals surface area contributed by atoms with E-state index in [2.05, 4.69) is 0 Å². The van der Waals surface area contributed by atoms with E-state index in [1.54, 1.807) is 26.0 Å². The molecule has 2 atom stereocenters. The van der Waals surface area contributed by atoms with Crippen molar-refractivity contribution in [3.63, 3.8) is 0 Å². The molecule has 2 unspecified atom stereocenters. The Labute approximate surface area is 89.0 Å². The van der Waals surface area contributed by atoms with E-state index in [1.807, 2.05) is 6.07 Å². The zero-order valence-electron chi connectivity index (χ0n) is 8.87. The lowest BCUT2D eigenvalue weighted by atomic mass is 9.86. The standard InChI is InChI=1S/C12H14FNO/c1-9(8-14)12(2,15)7-10-4-3-5-11(13)6-10/h3-6,9,15H,7H2,1-2H3. The zero-order valence-corrected chi connectivity index (χ0v) is 8.87. The van der Waals surface area contributed by atoms with Crippen molar-refractivity contribution in [2.45, 2.75) is 25.9 Å². The van der Waals surface area contributed by atoms with Crippen molar-refractivity contribution in [1.29, 1.82) is 5.26 Å². The van der Waals surface area contributed by atoms with Gasteiger partial charge in [-0.3, -0.25) is 0 Å². The van der Waals surface area contributed by atoms with Crippen LogP contribution >= 0.6 is 0 Å². The Morgan fingerprint density at radius 3 is 2.80 bits per heavy atom. The molecule has 2 nitrogen and oxygen atoms in total. The van der Waals surface area contributed by atoms with Gasteiger partial charge in [0.1, 0.15) is 5.82 Å². The minimum atomic E-state index is -1.12. The number of hydrogen-bond acceptors (Lipinski definition) is 2. The van der Waals surface area contributed by atoms with E-state index in [-0.39, 0.29) is 12.2 Å². The van der Waals surface area contributed by atoms with Gasteiger partial charge in [-0.15, -0.1) is 0 Å². The fourth-order valence-electron chi connectivity index (χ4n) is 1.35. The van der Waals surface area contributed by atoms with E-state index in [4.69, 9.17) is 5.26 Å². The van der Waals surface area contributed by atoms with Crippen molar-refractivity contribution < 1.29 is 9.50 Å². The summed E-state index contributed by atoms with van der Waals surface area (Å²) in [7, 11) is 0. The molecule has 0 spiro atoms. The van der Waals surface area contributed by atoms with Gasteiger partial charge < -0.3 is 5.11 Å². The van der Waals surface area contributed by atoms with Crippen molar-refractivity contribution in [3.05, 3.63) is 35.6 Å². The molecule has 0 aliphatic carbocycles. The number of rotatable bonds is 3. The fraction of sp³-hybridized carbons (Fsp3) is 0.417. The van der Waals surface area contributed by atoms with Crippen LogP contribution in [-0.4, -0.2) is 10.7 Å². The number of benzene rings is 1. The summed E-state index contributed by atoms with van der Waals surface area (Å²) >= 11 is 0. The third-order valence-corrected chi connectivity index (χ3v) is 2.58. The molecule has 0 aliphatic rings. The first-order valence-corrected chi connectivity index (χ1v) is 4.82. The van der Waals surface area contributed by atoms with Crippen molar-refractivity contribution in [1.82, 2.24) is 0 Å². The lowest BCUT2D eigenvalue weighted by Gasteiger charge is -2.25. The van der Waals surface area contributed by atoms with Gasteiger partial charge in [-0.25, -0.2) is 4.39 Å². The third kappa shape index (κ3) is 3.03. The van der Waals surface area contributed by atoms with E-state index < -0.39 is 11.5 Å². The maximum absolute atomic E-state index is 12.9. The summed E-state index contributed by atoms with van der Waals surface area (Å²) < 4.78 is 12.9. The molecular weight excluding hydrogens is 193 g/mol. The van der Waals surface area contributed by atoms with Crippen molar-refractivity contribution in [2.75, 3.05) is 0 Å². The Kier molecular flexibility index (Phi) is 3.43. The second-order valence-corrected chi connectivity index (χ2v) is 4.01. The molecule has 0 radical (unpaired) electrons. The highest BCUT2D eigenvalue weighted by molar-refractivity contribution is 5.19. The van der Waals surface area contributed by atoms with Crippen molar-refractivity contribution in [2.24, 2.45) is 5.92 Å². The number of halogens is 1. The van der Waals surface area contributed by atoms with Gasteiger partial charge in [-0.05, 0) is 31.5 Å². The average Bonchev–Trinajstić information content (AvgIpc) is 2.15. The molecular formula is C12H14FNO. The van der Waals surface area contributed by atoms with Crippen LogP contribution in [0.25, 0.3) is 0 Å². The Hall–Kier alpha value is -1.40. The molecule has 0 saturated carbocycles. The van der Waals surface area contributed by atoms with Gasteiger partial charge in [-0.2, -0.15) is 5.26 Å². The minimum absolute atomic E-state index is 0.277. The smallest absolute Gasteiger partial charge is 0.123 e. The molecule has 15 heavy (non-hydrogen) atoms. The first kappa shape index (κ1) is 11.7. The summed E-state index contributed by atoms with van der Waals surface area (Å²) in [4.78, 5) is 0. The highest BCUT2D eigenvalue weighted by atomic mass is 19.1. The molecule has 0 bridgehead atoms. The molecule has 1 aromatic rings. The van der Waals surface area contributed by atoms with Gasteiger partial charge in [0.25, 0.3) is 0 Å². The number of nitriles is 1. The van der Waals surface area contributed by atoms with Crippen LogP contribution in [-0.2, 0) is 6.42 Å². The lowest BCUT2D eigenvalue weighted by molar-refractivity contribution is 0.0276. The van der Waals surface area contributed by atoms with Crippen LogP contribution in [0.3, 0.4) is 0 Å². The topological polar surface area (TPSA) is 44.0 Å². The largest absolute Gasteiger partial charge is 0.388 e. The summed E-state index contributed by atoms with van der Waals surface area (Å²) in [6.45, 7) is 3.24. The van der Waals surface area contributed by atoms with Crippen LogP contribution < -0.4 is 0 Å². The highest BCUT2D eigenvalue weighted by Gasteiger charge is 2.28. The van der Waals surface area contributed by atoms with Crippen LogP contribution in [0.5, 0.6) is 0 Å². The summed E-state index contributed by atoms with van der Waals surface area (Å²) in [6.07, 6.45) is 0.277. The van der Waals surface area contributed by atoms with Gasteiger partial charge in [0.2, 0.25) is 0 Å². The van der Waals surface area contributed by atoms with Crippen LogP contribution in [0.15, 0.2) is 24.3 Å². The van der Waals surface area contributed by atoms with Gasteiger partial charge in [-0.1, -0.05) is 12.1 Å². The lowest BCUT2D eigenvalue weighted by Crippen LogP contribution is -2.34. The quantitative estimate of drug-likeness (QED) is 0.826. The minimum Gasteiger partial charge on any atom is -0.388 e. The van der Waals surface area contributed by atoms with Gasteiger partial charge >= 0.3 is 0 Å². The second kappa shape index (κ2) is 4.41. The van der Waals surface area contributed by atoms with E-state index in [0.717, 1.165) is 0 Å². The summed E-state index contributed by atoms with van der Waals surface area (Å²) in [5.41, 5.74) is -0.426. The molecule has 0 aliphatic heterocycles. The SMILES string of the molecule is CC(C#N)C(C)(O)Cc1cccc(F)c1. The third-order valence-electron chi connectivity index (χ3n) is 2.58. The maximum atomic E-state index is 12.9. The average molecular weight is 207 g/mol. The molecule has 0 saturated heterocycles. The summed E-state index contributed by atoms with van der Waals surface area (Å²) in [5.74, 6) is -0.811. The Bertz CT molecular complexity index is 381. The van der Waals surface area contributed by atoms with Crippen LogP contribution in [0, 0.1) is 23.1 Å². The van der Waals surface area contributed by atoms with E-state index in [9.17, 15) is 9.50 Å². The summed E-state index contributed by atoms with van der Waals surface area (Å²) in [5, 5.41) is 18.7. The monoisotopic (exact) mass is 207 g/mol. The van der Waals surface area contributed by atoms with E-state index >= 15 is 0 Å². The first-order valence-electron chi connectivity index (χ1n) is 4.82. The predicted octanol–water partition coefficient (Wildman–Crippen LogP) is 2.28. The highest BCUT2D eigenvalue weighted by Crippen LogP contribution is 2.21. The predicted molar refractivity (Wildman–Crippen MR) is 55.5 cm³/mol. The van der Waals surface area contributed by atoms with Gasteiger partial charge in [0.15, 0.2) is 0 Å². The number of hydrogen-bond donors (Lipinski definition) is 1. The van der Waals surface area contributed by atoms with Crippen LogP contribution in [0.1, 0.15) is 19.4 Å². The molecule has 1 aromatic carbocycles. The summed E-state index contributed by atoms with van der Waals surface area (Å²) in [6, 6.07) is 8.06. The molecule has 1 N–H and O–H groups in total. The van der Waals surface area contributed by atoms with E-state index in [0.29, 0.717) is 5.56 Å². The molecule has 0 aromatic heterocycles.